The first kappa shape index (κ1) is 22.6. The number of amides is 1. The van der Waals surface area contributed by atoms with Crippen LogP contribution in [0.25, 0.3) is 22.2 Å². The zero-order chi connectivity index (χ0) is 24.6. The second-order valence-electron chi connectivity index (χ2n) is 9.64. The lowest BCUT2D eigenvalue weighted by molar-refractivity contribution is -0.129. The first-order chi connectivity index (χ1) is 17.6. The van der Waals surface area contributed by atoms with Gasteiger partial charge in [0, 0.05) is 73.4 Å². The van der Waals surface area contributed by atoms with Gasteiger partial charge in [-0.15, -0.1) is 0 Å². The molecule has 6 rings (SSSR count). The minimum atomic E-state index is 0.0583. The average Bonchev–Trinajstić information content (AvgIpc) is 3.56. The lowest BCUT2D eigenvalue weighted by atomic mass is 9.96. The highest BCUT2D eigenvalue weighted by Gasteiger charge is 2.30. The van der Waals surface area contributed by atoms with Crippen molar-refractivity contribution in [1.82, 2.24) is 19.7 Å². The molecule has 1 fully saturated rings. The highest BCUT2D eigenvalue weighted by atomic mass is 16.5. The van der Waals surface area contributed by atoms with Gasteiger partial charge in [0.1, 0.15) is 0 Å². The number of hydrogen-bond donors (Lipinski definition) is 0. The number of carbonyl (C=O) groups excluding carboxylic acids is 2. The molecule has 36 heavy (non-hydrogen) atoms. The Hall–Kier alpha value is -3.84. The number of Topliss-reactive ketones (excluding diaryl/α,β-unsaturated/α-hetero) is 1. The topological polar surface area (TPSA) is 77.3 Å². The predicted octanol–water partition coefficient (Wildman–Crippen LogP) is 4.39. The van der Waals surface area contributed by atoms with Crippen LogP contribution in [-0.2, 0) is 28.9 Å². The van der Waals surface area contributed by atoms with E-state index in [-0.39, 0.29) is 17.7 Å². The van der Waals surface area contributed by atoms with E-state index in [9.17, 15) is 9.59 Å². The van der Waals surface area contributed by atoms with E-state index >= 15 is 0 Å². The highest BCUT2D eigenvalue weighted by Crippen LogP contribution is 2.34. The predicted molar refractivity (Wildman–Crippen MR) is 137 cm³/mol. The summed E-state index contributed by atoms with van der Waals surface area (Å²) in [5.74, 6) is 0.126. The van der Waals surface area contributed by atoms with Gasteiger partial charge in [-0.05, 0) is 36.2 Å². The molecule has 0 saturated carbocycles. The van der Waals surface area contributed by atoms with Gasteiger partial charge in [0.05, 0.1) is 23.9 Å². The van der Waals surface area contributed by atoms with Gasteiger partial charge in [-0.3, -0.25) is 19.3 Å². The minimum Gasteiger partial charge on any atom is -0.379 e. The number of aromatic nitrogens is 3. The van der Waals surface area contributed by atoms with Crippen LogP contribution < -0.4 is 0 Å². The molecule has 2 aromatic heterocycles. The van der Waals surface area contributed by atoms with Crippen LogP contribution in [0.15, 0.2) is 60.8 Å². The summed E-state index contributed by atoms with van der Waals surface area (Å²) in [7, 11) is 0. The molecule has 4 aromatic rings. The number of carbonyl (C=O) groups is 2. The summed E-state index contributed by atoms with van der Waals surface area (Å²) in [6.07, 6.45) is 3.80. The Morgan fingerprint density at radius 2 is 2.03 bits per heavy atom. The lowest BCUT2D eigenvalue weighted by Gasteiger charge is -2.27. The van der Waals surface area contributed by atoms with E-state index in [1.807, 2.05) is 59.5 Å². The summed E-state index contributed by atoms with van der Waals surface area (Å²) in [5, 5.41) is 6.06. The monoisotopic (exact) mass is 480 g/mol. The number of pyridine rings is 1. The third kappa shape index (κ3) is 4.20. The molecule has 2 aliphatic heterocycles. The third-order valence-electron chi connectivity index (χ3n) is 7.27. The second-order valence-corrected chi connectivity index (χ2v) is 9.64. The molecule has 7 nitrogen and oxygen atoms in total. The molecule has 1 atom stereocenters. The molecule has 1 saturated heterocycles. The van der Waals surface area contributed by atoms with Crippen molar-refractivity contribution in [2.75, 3.05) is 19.8 Å². The number of ether oxygens (including phenoxy) is 1. The zero-order valence-corrected chi connectivity index (χ0v) is 20.3. The molecule has 0 aliphatic carbocycles. The molecule has 0 N–H and O–H groups in total. The molecular weight excluding hydrogens is 452 g/mol. The maximum Gasteiger partial charge on any atom is 0.219 e. The van der Waals surface area contributed by atoms with Crippen molar-refractivity contribution < 1.29 is 14.3 Å². The Labute approximate surface area is 209 Å². The Bertz CT molecular complexity index is 1470. The van der Waals surface area contributed by atoms with Crippen LogP contribution in [0.5, 0.6) is 0 Å². The fourth-order valence-corrected chi connectivity index (χ4v) is 5.33. The first-order valence-electron chi connectivity index (χ1n) is 12.5. The van der Waals surface area contributed by atoms with Gasteiger partial charge in [0.25, 0.3) is 0 Å². The van der Waals surface area contributed by atoms with E-state index < -0.39 is 0 Å². The summed E-state index contributed by atoms with van der Waals surface area (Å²) in [4.78, 5) is 31.6. The maximum absolute atomic E-state index is 13.3. The Balaban J connectivity index is 1.33. The second kappa shape index (κ2) is 9.32. The molecule has 1 unspecified atom stereocenters. The molecule has 0 radical (unpaired) electrons. The van der Waals surface area contributed by atoms with Gasteiger partial charge in [0.2, 0.25) is 5.91 Å². The van der Waals surface area contributed by atoms with Crippen LogP contribution in [0.1, 0.15) is 46.6 Å². The quantitative estimate of drug-likeness (QED) is 0.396. The van der Waals surface area contributed by atoms with E-state index in [1.54, 1.807) is 13.1 Å². The largest absolute Gasteiger partial charge is 0.379 e. The number of fused-ring (bicyclic) bond motifs is 2. The zero-order valence-electron chi connectivity index (χ0n) is 20.3. The number of benzene rings is 2. The van der Waals surface area contributed by atoms with E-state index in [0.29, 0.717) is 31.7 Å². The van der Waals surface area contributed by atoms with Crippen molar-refractivity contribution in [3.05, 3.63) is 83.2 Å². The fraction of sp³-hybridized carbons (Fsp3) is 0.310. The molecular formula is C29H28N4O3. The van der Waals surface area contributed by atoms with E-state index in [0.717, 1.165) is 52.7 Å². The van der Waals surface area contributed by atoms with Crippen LogP contribution in [0.4, 0.5) is 0 Å². The van der Waals surface area contributed by atoms with Gasteiger partial charge in [-0.1, -0.05) is 30.3 Å². The van der Waals surface area contributed by atoms with Gasteiger partial charge in [-0.2, -0.15) is 5.10 Å². The molecule has 0 bridgehead atoms. The Morgan fingerprint density at radius 3 is 2.86 bits per heavy atom. The van der Waals surface area contributed by atoms with Crippen molar-refractivity contribution in [2.24, 2.45) is 0 Å². The third-order valence-corrected chi connectivity index (χ3v) is 7.27. The smallest absolute Gasteiger partial charge is 0.219 e. The molecule has 0 spiro atoms. The Kier molecular flexibility index (Phi) is 5.85. The normalized spacial score (nSPS) is 17.4. The molecule has 4 heterocycles. The molecule has 182 valence electrons. The fourth-order valence-electron chi connectivity index (χ4n) is 5.33. The lowest BCUT2D eigenvalue weighted by Crippen LogP contribution is -2.35. The van der Waals surface area contributed by atoms with Crippen LogP contribution in [0, 0.1) is 0 Å². The van der Waals surface area contributed by atoms with Crippen LogP contribution in [-0.4, -0.2) is 51.1 Å². The van der Waals surface area contributed by atoms with Crippen LogP contribution in [0.2, 0.25) is 0 Å². The summed E-state index contributed by atoms with van der Waals surface area (Å²) >= 11 is 0. The van der Waals surface area contributed by atoms with Crippen molar-refractivity contribution in [3.8, 4) is 11.3 Å². The Morgan fingerprint density at radius 1 is 1.11 bits per heavy atom. The van der Waals surface area contributed by atoms with Gasteiger partial charge in [0.15, 0.2) is 5.78 Å². The average molecular weight is 481 g/mol. The van der Waals surface area contributed by atoms with Crippen LogP contribution >= 0.6 is 0 Å². The van der Waals surface area contributed by atoms with Gasteiger partial charge < -0.3 is 9.64 Å². The molecule has 2 aliphatic rings. The van der Waals surface area contributed by atoms with Crippen molar-refractivity contribution in [3.63, 3.8) is 0 Å². The van der Waals surface area contributed by atoms with Crippen molar-refractivity contribution in [2.45, 2.75) is 38.8 Å². The summed E-state index contributed by atoms with van der Waals surface area (Å²) in [6, 6.07) is 17.8. The highest BCUT2D eigenvalue weighted by molar-refractivity contribution is 5.99. The number of hydrogen-bond acceptors (Lipinski definition) is 5. The standard InChI is InChI=1S/C29H28N4O3/c1-19(34)32-12-9-27-25(17-32)29(31-33(27)24-10-13-36-18-24)23-5-2-4-22(16-23)28(35)15-20-7-8-26-21(14-20)6-3-11-30-26/h2-8,11,14,16,24H,9-10,12-13,15,17-18H2,1H3. The van der Waals surface area contributed by atoms with Crippen molar-refractivity contribution in [1.29, 1.82) is 0 Å². The SMILES string of the molecule is CC(=O)N1CCc2c(c(-c3cccc(C(=O)Cc4ccc5ncccc5c4)c3)nn2C2CCOC2)C1. The number of ketones is 1. The molecule has 1 amide bonds. The van der Waals surface area contributed by atoms with Crippen LogP contribution in [0.3, 0.4) is 0 Å². The van der Waals surface area contributed by atoms with Crippen molar-refractivity contribution >= 4 is 22.6 Å². The summed E-state index contributed by atoms with van der Waals surface area (Å²) < 4.78 is 7.75. The van der Waals surface area contributed by atoms with E-state index in [2.05, 4.69) is 9.67 Å². The van der Waals surface area contributed by atoms with E-state index in [1.165, 1.54) is 5.69 Å². The summed E-state index contributed by atoms with van der Waals surface area (Å²) in [5.41, 5.74) is 6.56. The number of rotatable bonds is 5. The number of nitrogens with zero attached hydrogens (tertiary/aromatic N) is 4. The van der Waals surface area contributed by atoms with Gasteiger partial charge >= 0.3 is 0 Å². The molecule has 7 heteroatoms. The maximum atomic E-state index is 13.3. The summed E-state index contributed by atoms with van der Waals surface area (Å²) in [6.45, 7) is 4.24. The minimum absolute atomic E-state index is 0.0583. The van der Waals surface area contributed by atoms with Gasteiger partial charge in [-0.25, -0.2) is 0 Å². The van der Waals surface area contributed by atoms with E-state index in [4.69, 9.17) is 9.84 Å². The first-order valence-corrected chi connectivity index (χ1v) is 12.5. The molecule has 2 aromatic carbocycles.